The molecule has 0 aliphatic carbocycles. The van der Waals surface area contributed by atoms with Crippen LogP contribution in [0.3, 0.4) is 0 Å². The highest BCUT2D eigenvalue weighted by molar-refractivity contribution is 7.92. The van der Waals surface area contributed by atoms with Crippen molar-refractivity contribution in [2.24, 2.45) is 0 Å². The quantitative estimate of drug-likeness (QED) is 0.486. The molecule has 0 saturated heterocycles. The van der Waals surface area contributed by atoms with Crippen LogP contribution in [0.4, 0.5) is 11.4 Å². The normalized spacial score (nSPS) is 11.6. The van der Waals surface area contributed by atoms with Crippen molar-refractivity contribution in [3.8, 4) is 0 Å². The van der Waals surface area contributed by atoms with Crippen molar-refractivity contribution in [1.82, 2.24) is 9.78 Å². The molecule has 0 radical (unpaired) electrons. The maximum atomic E-state index is 12.3. The van der Waals surface area contributed by atoms with Crippen molar-refractivity contribution < 1.29 is 13.2 Å². The Balaban J connectivity index is 1.66. The maximum Gasteiger partial charge on any atom is 0.248 e. The van der Waals surface area contributed by atoms with E-state index in [-0.39, 0.29) is 5.91 Å². The zero-order valence-electron chi connectivity index (χ0n) is 16.8. The van der Waals surface area contributed by atoms with Gasteiger partial charge in [0.25, 0.3) is 0 Å². The third kappa shape index (κ3) is 6.58. The lowest BCUT2D eigenvalue weighted by molar-refractivity contribution is -0.111. The topological polar surface area (TPSA) is 93.1 Å². The molecule has 1 heterocycles. The fourth-order valence-electron chi connectivity index (χ4n) is 2.80. The lowest BCUT2D eigenvalue weighted by atomic mass is 10.2. The number of anilines is 2. The summed E-state index contributed by atoms with van der Waals surface area (Å²) < 4.78 is 26.5. The first-order chi connectivity index (χ1) is 14.6. The number of sulfonamides is 1. The fraction of sp³-hybridized carbons (Fsp3) is 0.143. The molecule has 1 aromatic heterocycles. The summed E-state index contributed by atoms with van der Waals surface area (Å²) in [6.07, 6.45) is 4.04. The molecule has 0 fully saturated rings. The van der Waals surface area contributed by atoms with Gasteiger partial charge in [0.05, 0.1) is 18.5 Å². The van der Waals surface area contributed by atoms with Crippen LogP contribution in [0, 0.1) is 6.92 Å². The van der Waals surface area contributed by atoms with E-state index in [1.807, 2.05) is 19.1 Å². The molecule has 0 aliphatic heterocycles. The zero-order valence-corrected chi connectivity index (χ0v) is 19.1. The van der Waals surface area contributed by atoms with Crippen molar-refractivity contribution in [3.05, 3.63) is 81.6 Å². The van der Waals surface area contributed by atoms with Crippen LogP contribution < -0.4 is 10.0 Å². The Kier molecular flexibility index (Phi) is 7.04. The first-order valence-corrected chi connectivity index (χ1v) is 11.8. The predicted molar refractivity (Wildman–Crippen MR) is 125 cm³/mol. The average Bonchev–Trinajstić information content (AvgIpc) is 2.95. The second-order valence-corrected chi connectivity index (χ2v) is 9.39. The van der Waals surface area contributed by atoms with Crippen molar-refractivity contribution in [2.45, 2.75) is 13.5 Å². The van der Waals surface area contributed by atoms with Crippen LogP contribution in [0.15, 0.2) is 54.6 Å². The van der Waals surface area contributed by atoms with Gasteiger partial charge in [0, 0.05) is 28.0 Å². The Labute approximate surface area is 190 Å². The van der Waals surface area contributed by atoms with Crippen LogP contribution in [0.1, 0.15) is 16.8 Å². The summed E-state index contributed by atoms with van der Waals surface area (Å²) >= 11 is 12.4. The molecule has 0 unspecified atom stereocenters. The number of hydrogen-bond acceptors (Lipinski definition) is 4. The second-order valence-electron chi connectivity index (χ2n) is 6.85. The molecule has 10 heteroatoms. The van der Waals surface area contributed by atoms with Crippen molar-refractivity contribution in [1.29, 1.82) is 0 Å². The molecule has 0 atom stereocenters. The summed E-state index contributed by atoms with van der Waals surface area (Å²) in [7, 11) is -3.36. The fourth-order valence-corrected chi connectivity index (χ4v) is 3.79. The summed E-state index contributed by atoms with van der Waals surface area (Å²) in [5, 5.41) is 8.23. The second kappa shape index (κ2) is 9.55. The van der Waals surface area contributed by atoms with E-state index in [1.54, 1.807) is 47.2 Å². The summed E-state index contributed by atoms with van der Waals surface area (Å²) in [6.45, 7) is 2.29. The van der Waals surface area contributed by atoms with E-state index in [1.165, 1.54) is 6.08 Å². The summed E-state index contributed by atoms with van der Waals surface area (Å²) in [4.78, 5) is 12.3. The number of nitrogens with zero attached hydrogens (tertiary/aromatic N) is 2. The van der Waals surface area contributed by atoms with E-state index in [0.717, 1.165) is 11.8 Å². The molecule has 3 rings (SSSR count). The number of benzene rings is 2. The van der Waals surface area contributed by atoms with Gasteiger partial charge in [0.15, 0.2) is 0 Å². The number of carbonyl (C=O) groups is 1. The maximum absolute atomic E-state index is 12.3. The average molecular weight is 479 g/mol. The molecule has 0 bridgehead atoms. The highest BCUT2D eigenvalue weighted by Gasteiger charge is 2.12. The van der Waals surface area contributed by atoms with E-state index < -0.39 is 10.0 Å². The standard InChI is InChI=1S/C21H20Cl2N4O3S/c1-14-19(21(23)27(25-14)13-15-3-5-16(22)6-4-15)11-12-20(28)24-17-7-9-18(10-8-17)26-31(2,29)30/h3-12,26H,13H2,1-2H3,(H,24,28)/b12-11+. The Bertz CT molecular complexity index is 1220. The highest BCUT2D eigenvalue weighted by Crippen LogP contribution is 2.23. The van der Waals surface area contributed by atoms with Gasteiger partial charge in [-0.3, -0.25) is 9.52 Å². The van der Waals surface area contributed by atoms with Gasteiger partial charge in [0.2, 0.25) is 15.9 Å². The first kappa shape index (κ1) is 22.9. The molecule has 1 amide bonds. The number of rotatable bonds is 7. The number of nitrogens with one attached hydrogen (secondary N) is 2. The van der Waals surface area contributed by atoms with Crippen LogP contribution in [-0.2, 0) is 21.4 Å². The monoisotopic (exact) mass is 478 g/mol. The Morgan fingerprint density at radius 3 is 2.29 bits per heavy atom. The van der Waals surface area contributed by atoms with E-state index in [0.29, 0.717) is 39.4 Å². The number of aromatic nitrogens is 2. The molecular weight excluding hydrogens is 459 g/mol. The lowest BCUT2D eigenvalue weighted by Crippen LogP contribution is -2.10. The van der Waals surface area contributed by atoms with Crippen LogP contribution in [0.2, 0.25) is 10.2 Å². The number of aryl methyl sites for hydroxylation is 1. The minimum Gasteiger partial charge on any atom is -0.323 e. The number of hydrogen-bond donors (Lipinski definition) is 2. The SMILES string of the molecule is Cc1nn(Cc2ccc(Cl)cc2)c(Cl)c1/C=C/C(=O)Nc1ccc(NS(C)(=O)=O)cc1. The number of amides is 1. The van der Waals surface area contributed by atoms with E-state index >= 15 is 0 Å². The lowest BCUT2D eigenvalue weighted by Gasteiger charge is -2.06. The zero-order chi connectivity index (χ0) is 22.6. The number of carbonyl (C=O) groups excluding carboxylic acids is 1. The van der Waals surface area contributed by atoms with Gasteiger partial charge < -0.3 is 5.32 Å². The summed E-state index contributed by atoms with van der Waals surface area (Å²) in [6, 6.07) is 13.7. The summed E-state index contributed by atoms with van der Waals surface area (Å²) in [5.74, 6) is -0.357. The first-order valence-electron chi connectivity index (χ1n) is 9.15. The smallest absolute Gasteiger partial charge is 0.248 e. The molecule has 31 heavy (non-hydrogen) atoms. The minimum absolute atomic E-state index is 0.357. The van der Waals surface area contributed by atoms with E-state index in [9.17, 15) is 13.2 Å². The Morgan fingerprint density at radius 1 is 1.06 bits per heavy atom. The van der Waals surface area contributed by atoms with Gasteiger partial charge in [-0.1, -0.05) is 35.3 Å². The molecule has 0 saturated carbocycles. The van der Waals surface area contributed by atoms with Gasteiger partial charge in [-0.15, -0.1) is 0 Å². The van der Waals surface area contributed by atoms with Gasteiger partial charge in [-0.05, 0) is 55.0 Å². The van der Waals surface area contributed by atoms with E-state index in [2.05, 4.69) is 15.1 Å². The third-order valence-corrected chi connectivity index (χ3v) is 5.47. The van der Waals surface area contributed by atoms with Crippen LogP contribution in [0.25, 0.3) is 6.08 Å². The predicted octanol–water partition coefficient (Wildman–Crippen LogP) is 4.57. The molecule has 2 aromatic carbocycles. The number of halogens is 2. The van der Waals surface area contributed by atoms with Crippen molar-refractivity contribution >= 4 is 56.6 Å². The third-order valence-electron chi connectivity index (χ3n) is 4.21. The molecule has 7 nitrogen and oxygen atoms in total. The molecule has 2 N–H and O–H groups in total. The summed E-state index contributed by atoms with van der Waals surface area (Å²) in [5.41, 5.74) is 3.27. The molecular formula is C21H20Cl2N4O3S. The molecule has 3 aromatic rings. The van der Waals surface area contributed by atoms with Crippen molar-refractivity contribution in [2.75, 3.05) is 16.3 Å². The van der Waals surface area contributed by atoms with Crippen LogP contribution >= 0.6 is 23.2 Å². The van der Waals surface area contributed by atoms with Crippen molar-refractivity contribution in [3.63, 3.8) is 0 Å². The van der Waals surface area contributed by atoms with Crippen LogP contribution in [-0.4, -0.2) is 30.4 Å². The Morgan fingerprint density at radius 2 is 1.68 bits per heavy atom. The van der Waals surface area contributed by atoms with E-state index in [4.69, 9.17) is 23.2 Å². The molecule has 162 valence electrons. The van der Waals surface area contributed by atoms with Gasteiger partial charge in [0.1, 0.15) is 5.15 Å². The molecule has 0 aliphatic rings. The minimum atomic E-state index is -3.36. The van der Waals surface area contributed by atoms with Gasteiger partial charge in [-0.25, -0.2) is 13.1 Å². The largest absolute Gasteiger partial charge is 0.323 e. The van der Waals surface area contributed by atoms with Gasteiger partial charge >= 0.3 is 0 Å². The Hall–Kier alpha value is -2.81. The van der Waals surface area contributed by atoms with Gasteiger partial charge in [-0.2, -0.15) is 5.10 Å². The highest BCUT2D eigenvalue weighted by atomic mass is 35.5. The van der Waals surface area contributed by atoms with Crippen LogP contribution in [0.5, 0.6) is 0 Å². The molecule has 0 spiro atoms.